The molecule has 1 unspecified atom stereocenters. The lowest BCUT2D eigenvalue weighted by Gasteiger charge is -2.27. The number of aromatic nitrogens is 2. The Hall–Kier alpha value is -2.38. The Labute approximate surface area is 173 Å². The van der Waals surface area contributed by atoms with Gasteiger partial charge in [0.05, 0.1) is 24.5 Å². The van der Waals surface area contributed by atoms with E-state index in [2.05, 4.69) is 36.6 Å². The maximum atomic E-state index is 9.43. The smallest absolute Gasteiger partial charge is 0.191 e. The lowest BCUT2D eigenvalue weighted by atomic mass is 9.84. The second-order valence-electron chi connectivity index (χ2n) is 7.72. The first-order valence-electron chi connectivity index (χ1n) is 10.4. The van der Waals surface area contributed by atoms with Gasteiger partial charge in [0, 0.05) is 43.0 Å². The monoisotopic (exact) mass is 399 g/mol. The lowest BCUT2D eigenvalue weighted by molar-refractivity contribution is 0.127. The van der Waals surface area contributed by atoms with Crippen LogP contribution >= 0.6 is 0 Å². The van der Waals surface area contributed by atoms with Gasteiger partial charge < -0.3 is 20.5 Å². The molecule has 3 N–H and O–H groups in total. The van der Waals surface area contributed by atoms with E-state index in [1.165, 1.54) is 0 Å². The van der Waals surface area contributed by atoms with E-state index in [1.807, 2.05) is 29.8 Å². The number of benzene rings is 1. The molecule has 1 aromatic carbocycles. The topological polar surface area (TPSA) is 83.7 Å². The Bertz CT molecular complexity index is 810. The summed E-state index contributed by atoms with van der Waals surface area (Å²) in [6.45, 7) is 9.88. The third kappa shape index (κ3) is 5.16. The molecular formula is C22H33N5O2. The van der Waals surface area contributed by atoms with Crippen LogP contribution in [-0.2, 0) is 11.3 Å². The number of aliphatic hydroxyl groups excluding tert-OH is 1. The van der Waals surface area contributed by atoms with Gasteiger partial charge in [-0.3, -0.25) is 0 Å². The molecule has 2 heterocycles. The van der Waals surface area contributed by atoms with Gasteiger partial charge in [-0.05, 0) is 45.7 Å². The van der Waals surface area contributed by atoms with Crippen LogP contribution in [0.5, 0.6) is 0 Å². The average Bonchev–Trinajstić information content (AvgIpc) is 3.30. The third-order valence-corrected chi connectivity index (χ3v) is 5.64. The minimum atomic E-state index is -0.0189. The molecule has 0 radical (unpaired) electrons. The molecule has 2 aromatic rings. The van der Waals surface area contributed by atoms with Crippen LogP contribution in [0.15, 0.2) is 35.3 Å². The van der Waals surface area contributed by atoms with Crippen molar-refractivity contribution >= 4 is 5.96 Å². The standard InChI is InChI=1S/C22H33N5O2/c1-4-23-21(25-15-22(10-12-28)11-13-29-16-22)24-14-20-17(2)26-27(18(20)3)19-8-6-5-7-9-19/h5-9,28H,4,10-16H2,1-3H3,(H2,23,24,25). The molecule has 1 saturated heterocycles. The molecule has 0 spiro atoms. The Morgan fingerprint density at radius 2 is 2.07 bits per heavy atom. The molecule has 1 aliphatic rings. The Balaban J connectivity index is 1.73. The normalized spacial score (nSPS) is 19.5. The minimum Gasteiger partial charge on any atom is -0.396 e. The molecule has 1 aliphatic heterocycles. The number of para-hydroxylation sites is 1. The van der Waals surface area contributed by atoms with Gasteiger partial charge in [-0.1, -0.05) is 18.2 Å². The summed E-state index contributed by atoms with van der Waals surface area (Å²) in [5, 5.41) is 20.9. The van der Waals surface area contributed by atoms with Crippen LogP contribution in [0, 0.1) is 19.3 Å². The summed E-state index contributed by atoms with van der Waals surface area (Å²) in [4.78, 5) is 4.80. The third-order valence-electron chi connectivity index (χ3n) is 5.64. The predicted octanol–water partition coefficient (Wildman–Crippen LogP) is 2.33. The number of hydrogen-bond donors (Lipinski definition) is 3. The van der Waals surface area contributed by atoms with Gasteiger partial charge in [0.25, 0.3) is 0 Å². The molecule has 0 amide bonds. The van der Waals surface area contributed by atoms with Crippen LogP contribution < -0.4 is 10.6 Å². The van der Waals surface area contributed by atoms with Gasteiger partial charge in [-0.2, -0.15) is 5.10 Å². The summed E-state index contributed by atoms with van der Waals surface area (Å²) < 4.78 is 7.57. The summed E-state index contributed by atoms with van der Waals surface area (Å²) in [5.74, 6) is 0.781. The van der Waals surface area contributed by atoms with Gasteiger partial charge in [0.15, 0.2) is 5.96 Å². The number of aryl methyl sites for hydroxylation is 1. The van der Waals surface area contributed by atoms with E-state index < -0.39 is 0 Å². The van der Waals surface area contributed by atoms with Crippen molar-refractivity contribution in [2.45, 2.75) is 40.2 Å². The maximum Gasteiger partial charge on any atom is 0.191 e. The van der Waals surface area contributed by atoms with Crippen LogP contribution in [0.3, 0.4) is 0 Å². The van der Waals surface area contributed by atoms with Gasteiger partial charge in [-0.25, -0.2) is 9.67 Å². The first kappa shape index (κ1) is 21.3. The highest BCUT2D eigenvalue weighted by Crippen LogP contribution is 2.31. The summed E-state index contributed by atoms with van der Waals surface area (Å²) in [7, 11) is 0. The molecular weight excluding hydrogens is 366 g/mol. The van der Waals surface area contributed by atoms with Gasteiger partial charge in [0.2, 0.25) is 0 Å². The highest BCUT2D eigenvalue weighted by molar-refractivity contribution is 5.79. The highest BCUT2D eigenvalue weighted by atomic mass is 16.5. The molecule has 3 rings (SSSR count). The van der Waals surface area contributed by atoms with Crippen molar-refractivity contribution in [1.29, 1.82) is 0 Å². The van der Waals surface area contributed by atoms with Crippen molar-refractivity contribution in [1.82, 2.24) is 20.4 Å². The van der Waals surface area contributed by atoms with Crippen molar-refractivity contribution in [2.24, 2.45) is 10.4 Å². The molecule has 158 valence electrons. The quantitative estimate of drug-likeness (QED) is 0.469. The summed E-state index contributed by atoms with van der Waals surface area (Å²) in [5.41, 5.74) is 4.27. The largest absolute Gasteiger partial charge is 0.396 e. The van der Waals surface area contributed by atoms with Crippen molar-refractivity contribution in [3.8, 4) is 5.69 Å². The van der Waals surface area contributed by atoms with Crippen molar-refractivity contribution in [2.75, 3.05) is 32.9 Å². The van der Waals surface area contributed by atoms with Gasteiger partial charge >= 0.3 is 0 Å². The lowest BCUT2D eigenvalue weighted by Crippen LogP contribution is -2.44. The van der Waals surface area contributed by atoms with E-state index in [4.69, 9.17) is 14.8 Å². The number of hydrogen-bond acceptors (Lipinski definition) is 4. The van der Waals surface area contributed by atoms with E-state index in [0.717, 1.165) is 61.1 Å². The van der Waals surface area contributed by atoms with Crippen LogP contribution in [0.1, 0.15) is 36.7 Å². The summed E-state index contributed by atoms with van der Waals surface area (Å²) in [6, 6.07) is 10.2. The number of guanidine groups is 1. The molecule has 1 atom stereocenters. The molecule has 29 heavy (non-hydrogen) atoms. The second-order valence-corrected chi connectivity index (χ2v) is 7.72. The summed E-state index contributed by atoms with van der Waals surface area (Å²) >= 11 is 0. The van der Waals surface area contributed by atoms with E-state index in [9.17, 15) is 5.11 Å². The number of aliphatic imine (C=N–C) groups is 1. The SMILES string of the molecule is CCNC(=NCc1c(C)nn(-c2ccccc2)c1C)NCC1(CCO)CCOC1. The first-order valence-corrected chi connectivity index (χ1v) is 10.4. The number of rotatable bonds is 8. The number of aliphatic hydroxyl groups is 1. The zero-order valence-electron chi connectivity index (χ0n) is 17.7. The predicted molar refractivity (Wildman–Crippen MR) is 115 cm³/mol. The molecule has 0 aliphatic carbocycles. The Morgan fingerprint density at radius 3 is 2.72 bits per heavy atom. The van der Waals surface area contributed by atoms with Crippen molar-refractivity contribution in [3.05, 3.63) is 47.3 Å². The molecule has 0 saturated carbocycles. The average molecular weight is 400 g/mol. The Kier molecular flexibility index (Phi) is 7.28. The zero-order chi connectivity index (χ0) is 20.7. The van der Waals surface area contributed by atoms with Gasteiger partial charge in [-0.15, -0.1) is 0 Å². The van der Waals surface area contributed by atoms with Gasteiger partial charge in [0.1, 0.15) is 0 Å². The molecule has 7 nitrogen and oxygen atoms in total. The molecule has 7 heteroatoms. The van der Waals surface area contributed by atoms with E-state index in [0.29, 0.717) is 13.2 Å². The van der Waals surface area contributed by atoms with Crippen molar-refractivity contribution < 1.29 is 9.84 Å². The maximum absolute atomic E-state index is 9.43. The van der Waals surface area contributed by atoms with Crippen LogP contribution in [-0.4, -0.2) is 53.8 Å². The van der Waals surface area contributed by atoms with Crippen LogP contribution in [0.2, 0.25) is 0 Å². The fourth-order valence-electron chi connectivity index (χ4n) is 3.81. The van der Waals surface area contributed by atoms with Crippen molar-refractivity contribution in [3.63, 3.8) is 0 Å². The molecule has 1 aromatic heterocycles. The minimum absolute atomic E-state index is 0.0189. The fraction of sp³-hybridized carbons (Fsp3) is 0.545. The van der Waals surface area contributed by atoms with E-state index >= 15 is 0 Å². The highest BCUT2D eigenvalue weighted by Gasteiger charge is 2.34. The molecule has 0 bridgehead atoms. The second kappa shape index (κ2) is 9.89. The summed E-state index contributed by atoms with van der Waals surface area (Å²) in [6.07, 6.45) is 1.70. The van der Waals surface area contributed by atoms with E-state index in [-0.39, 0.29) is 12.0 Å². The van der Waals surface area contributed by atoms with Crippen LogP contribution in [0.25, 0.3) is 5.69 Å². The number of nitrogens with zero attached hydrogens (tertiary/aromatic N) is 3. The zero-order valence-corrected chi connectivity index (χ0v) is 17.7. The first-order chi connectivity index (χ1) is 14.1. The number of ether oxygens (including phenoxy) is 1. The van der Waals surface area contributed by atoms with E-state index in [1.54, 1.807) is 0 Å². The van der Waals surface area contributed by atoms with Crippen LogP contribution in [0.4, 0.5) is 0 Å². The Morgan fingerprint density at radius 1 is 1.28 bits per heavy atom. The fourth-order valence-corrected chi connectivity index (χ4v) is 3.81. The number of nitrogens with one attached hydrogen (secondary N) is 2. The molecule has 1 fully saturated rings.